The number of carbonyl (C=O) groups excluding carboxylic acids is 3. The highest BCUT2D eigenvalue weighted by Crippen LogP contribution is 2.40. The summed E-state index contributed by atoms with van der Waals surface area (Å²) < 4.78 is 7.45. The van der Waals surface area contributed by atoms with Crippen LogP contribution in [0.15, 0.2) is 71.5 Å². The van der Waals surface area contributed by atoms with Gasteiger partial charge in [0, 0.05) is 50.3 Å². The Kier molecular flexibility index (Phi) is 6.99. The van der Waals surface area contributed by atoms with Gasteiger partial charge in [0.25, 0.3) is 11.5 Å². The maximum absolute atomic E-state index is 14.5. The number of imide groups is 2. The monoisotopic (exact) mass is 554 g/mol. The lowest BCUT2D eigenvalue weighted by molar-refractivity contribution is -0.144. The van der Waals surface area contributed by atoms with Gasteiger partial charge in [0.15, 0.2) is 0 Å². The third-order valence-electron chi connectivity index (χ3n) is 8.81. The SMILES string of the molecule is CCc1ccc(N2C(=O)NC(=O)C(Cc3ccccc3OC)(CN3CC4CC(C3)c3cccc(=O)n3C4)C2=O)cc1. The van der Waals surface area contributed by atoms with Crippen LogP contribution in [0, 0.1) is 11.3 Å². The molecule has 41 heavy (non-hydrogen) atoms. The van der Waals surface area contributed by atoms with Crippen LogP contribution in [0.5, 0.6) is 5.75 Å². The Morgan fingerprint density at radius 3 is 2.46 bits per heavy atom. The molecule has 3 atom stereocenters. The van der Waals surface area contributed by atoms with E-state index in [2.05, 4.69) is 10.2 Å². The lowest BCUT2D eigenvalue weighted by Gasteiger charge is -2.47. The van der Waals surface area contributed by atoms with E-state index in [1.807, 2.05) is 47.9 Å². The molecule has 3 aliphatic rings. The third-order valence-corrected chi connectivity index (χ3v) is 8.81. The van der Waals surface area contributed by atoms with Crippen LogP contribution in [0.2, 0.25) is 0 Å². The Morgan fingerprint density at radius 1 is 0.927 bits per heavy atom. The van der Waals surface area contributed by atoms with Crippen LogP contribution in [-0.2, 0) is 29.0 Å². The van der Waals surface area contributed by atoms with Crippen LogP contribution >= 0.6 is 0 Å². The summed E-state index contributed by atoms with van der Waals surface area (Å²) >= 11 is 0. The number of piperidine rings is 1. The van der Waals surface area contributed by atoms with Crippen molar-refractivity contribution in [3.8, 4) is 5.75 Å². The molecule has 0 radical (unpaired) electrons. The van der Waals surface area contributed by atoms with E-state index < -0.39 is 23.3 Å². The number of aromatic nitrogens is 1. The zero-order valence-corrected chi connectivity index (χ0v) is 23.3. The molecule has 212 valence electrons. The van der Waals surface area contributed by atoms with Gasteiger partial charge in [-0.3, -0.25) is 19.7 Å². The van der Waals surface area contributed by atoms with Crippen molar-refractivity contribution in [2.24, 2.45) is 11.3 Å². The van der Waals surface area contributed by atoms with Crippen molar-refractivity contribution in [1.82, 2.24) is 14.8 Å². The number of nitrogens with zero attached hydrogens (tertiary/aromatic N) is 3. The van der Waals surface area contributed by atoms with Gasteiger partial charge in [-0.05, 0) is 54.2 Å². The molecule has 3 aliphatic heterocycles. The Hall–Kier alpha value is -4.24. The first-order valence-electron chi connectivity index (χ1n) is 14.2. The number of likely N-dealkylation sites (tertiary alicyclic amines) is 1. The van der Waals surface area contributed by atoms with E-state index in [0.29, 0.717) is 36.6 Å². The number of barbiturate groups is 1. The van der Waals surface area contributed by atoms with Gasteiger partial charge in [-0.1, -0.05) is 43.3 Å². The summed E-state index contributed by atoms with van der Waals surface area (Å²) in [7, 11) is 1.56. The molecule has 9 nitrogen and oxygen atoms in total. The van der Waals surface area contributed by atoms with Gasteiger partial charge in [-0.2, -0.15) is 0 Å². The topological polar surface area (TPSA) is 101 Å². The van der Waals surface area contributed by atoms with Crippen LogP contribution in [0.1, 0.15) is 36.1 Å². The van der Waals surface area contributed by atoms with Gasteiger partial charge in [0.1, 0.15) is 11.2 Å². The molecule has 1 N–H and O–H groups in total. The van der Waals surface area contributed by atoms with Crippen molar-refractivity contribution in [2.45, 2.75) is 38.6 Å². The molecule has 0 aliphatic carbocycles. The molecule has 2 saturated heterocycles. The number of methoxy groups -OCH3 is 1. The highest BCUT2D eigenvalue weighted by atomic mass is 16.5. The number of hydrogen-bond donors (Lipinski definition) is 1. The van der Waals surface area contributed by atoms with Crippen molar-refractivity contribution in [3.63, 3.8) is 0 Å². The van der Waals surface area contributed by atoms with E-state index >= 15 is 0 Å². The predicted molar refractivity (Wildman–Crippen MR) is 154 cm³/mol. The number of nitrogens with one attached hydrogen (secondary N) is 1. The lowest BCUT2D eigenvalue weighted by Crippen LogP contribution is -2.68. The maximum atomic E-state index is 14.5. The van der Waals surface area contributed by atoms with Crippen LogP contribution in [-0.4, -0.2) is 54.1 Å². The molecule has 3 unspecified atom stereocenters. The molecule has 2 aromatic carbocycles. The average molecular weight is 555 g/mol. The second-order valence-corrected chi connectivity index (χ2v) is 11.4. The van der Waals surface area contributed by atoms with Crippen molar-refractivity contribution in [3.05, 3.63) is 93.9 Å². The first-order valence-corrected chi connectivity index (χ1v) is 14.2. The molecule has 1 aromatic heterocycles. The van der Waals surface area contributed by atoms with Gasteiger partial charge in [-0.25, -0.2) is 9.69 Å². The van der Waals surface area contributed by atoms with Crippen LogP contribution in [0.4, 0.5) is 10.5 Å². The number of carbonyl (C=O) groups is 3. The van der Waals surface area contributed by atoms with E-state index in [4.69, 9.17) is 4.74 Å². The Bertz CT molecular complexity index is 1560. The van der Waals surface area contributed by atoms with E-state index in [9.17, 15) is 19.2 Å². The van der Waals surface area contributed by atoms with Crippen LogP contribution in [0.25, 0.3) is 0 Å². The number of pyridine rings is 1. The standard InChI is InChI=1S/C32H34N4O5/c1-3-21-11-13-25(14-12-21)36-30(39)32(29(38)33-31(36)40,16-23-7-4-5-9-27(23)41-2)20-34-17-22-15-24(19-34)26-8-6-10-28(37)35(26)18-22/h4-14,22,24H,3,15-20H2,1-2H3,(H,33,38,40). The fourth-order valence-electron chi connectivity index (χ4n) is 6.82. The number of urea groups is 1. The van der Waals surface area contributed by atoms with Crippen molar-refractivity contribution < 1.29 is 19.1 Å². The largest absolute Gasteiger partial charge is 0.496 e. The normalized spacial score (nSPS) is 24.1. The van der Waals surface area contributed by atoms with Gasteiger partial charge in [-0.15, -0.1) is 0 Å². The molecule has 0 spiro atoms. The number of para-hydroxylation sites is 1. The predicted octanol–water partition coefficient (Wildman–Crippen LogP) is 3.35. The van der Waals surface area contributed by atoms with Crippen molar-refractivity contribution in [2.75, 3.05) is 31.6 Å². The fourth-order valence-corrected chi connectivity index (χ4v) is 6.82. The molecular weight excluding hydrogens is 520 g/mol. The summed E-state index contributed by atoms with van der Waals surface area (Å²) in [5, 5.41) is 2.51. The maximum Gasteiger partial charge on any atom is 0.335 e. The summed E-state index contributed by atoms with van der Waals surface area (Å²) in [5.74, 6) is -0.250. The van der Waals surface area contributed by atoms with E-state index in [1.165, 1.54) is 0 Å². The van der Waals surface area contributed by atoms with E-state index in [0.717, 1.165) is 29.0 Å². The van der Waals surface area contributed by atoms with Crippen LogP contribution in [0.3, 0.4) is 0 Å². The summed E-state index contributed by atoms with van der Waals surface area (Å²) in [5.41, 5.74) is 1.63. The van der Waals surface area contributed by atoms with E-state index in [-0.39, 0.29) is 30.4 Å². The molecule has 2 bridgehead atoms. The zero-order valence-electron chi connectivity index (χ0n) is 23.3. The summed E-state index contributed by atoms with van der Waals surface area (Å²) in [4.78, 5) is 57.4. The minimum absolute atomic E-state index is 0.00312. The first-order chi connectivity index (χ1) is 19.8. The van der Waals surface area contributed by atoms with Gasteiger partial charge in [0.05, 0.1) is 12.8 Å². The average Bonchev–Trinajstić information content (AvgIpc) is 2.97. The number of aryl methyl sites for hydroxylation is 1. The van der Waals surface area contributed by atoms with E-state index in [1.54, 1.807) is 37.4 Å². The Balaban J connectivity index is 1.39. The van der Waals surface area contributed by atoms with Gasteiger partial charge < -0.3 is 14.2 Å². The number of ether oxygens (including phenoxy) is 1. The van der Waals surface area contributed by atoms with Crippen molar-refractivity contribution in [1.29, 1.82) is 0 Å². The smallest absolute Gasteiger partial charge is 0.335 e. The molecular formula is C32H34N4O5. The molecule has 9 heteroatoms. The molecule has 4 amide bonds. The number of amides is 4. The number of benzene rings is 2. The quantitative estimate of drug-likeness (QED) is 0.450. The minimum atomic E-state index is -1.58. The number of fused-ring (bicyclic) bond motifs is 4. The second-order valence-electron chi connectivity index (χ2n) is 11.4. The Labute approximate surface area is 238 Å². The highest BCUT2D eigenvalue weighted by molar-refractivity contribution is 6.30. The van der Waals surface area contributed by atoms with Crippen molar-refractivity contribution >= 4 is 23.5 Å². The van der Waals surface area contributed by atoms with Crippen LogP contribution < -0.4 is 20.5 Å². The number of rotatable bonds is 7. The molecule has 4 heterocycles. The molecule has 2 fully saturated rings. The number of anilines is 1. The third kappa shape index (κ3) is 4.74. The summed E-state index contributed by atoms with van der Waals surface area (Å²) in [6, 6.07) is 19.3. The molecule has 6 rings (SSSR count). The fraction of sp³-hybridized carbons (Fsp3) is 0.375. The summed E-state index contributed by atoms with van der Waals surface area (Å²) in [6.45, 7) is 4.03. The Morgan fingerprint density at radius 2 is 1.71 bits per heavy atom. The first kappa shape index (κ1) is 27.0. The molecule has 3 aromatic rings. The lowest BCUT2D eigenvalue weighted by atomic mass is 9.75. The zero-order chi connectivity index (χ0) is 28.7. The second kappa shape index (κ2) is 10.6. The molecule has 0 saturated carbocycles. The summed E-state index contributed by atoms with van der Waals surface area (Å²) in [6.07, 6.45) is 1.84. The minimum Gasteiger partial charge on any atom is -0.496 e. The van der Waals surface area contributed by atoms with Gasteiger partial charge in [0.2, 0.25) is 5.91 Å². The highest BCUT2D eigenvalue weighted by Gasteiger charge is 2.56. The number of hydrogen-bond acceptors (Lipinski definition) is 6. The van der Waals surface area contributed by atoms with Gasteiger partial charge >= 0.3 is 6.03 Å².